The summed E-state index contributed by atoms with van der Waals surface area (Å²) in [5.41, 5.74) is 0.778. The molecule has 0 aromatic heterocycles. The lowest BCUT2D eigenvalue weighted by Crippen LogP contribution is -2.65. The molecule has 1 aliphatic heterocycles. The number of anilines is 1. The fourth-order valence-corrected chi connectivity index (χ4v) is 3.23. The molecule has 0 amide bonds. The average Bonchev–Trinajstić information content (AvgIpc) is 2.50. The number of fused-ring (bicyclic) bond motifs is 2. The Bertz CT molecular complexity index is 825. The summed E-state index contributed by atoms with van der Waals surface area (Å²) in [6, 6.07) is 19.1. The van der Waals surface area contributed by atoms with Crippen LogP contribution in [0.3, 0.4) is 0 Å². The normalized spacial score (nSPS) is 17.2. The number of nitrogens with zero attached hydrogens (tertiary/aromatic N) is 1. The zero-order valence-electron chi connectivity index (χ0n) is 12.3. The van der Waals surface area contributed by atoms with E-state index in [0.29, 0.717) is 12.3 Å². The van der Waals surface area contributed by atoms with Gasteiger partial charge in [0, 0.05) is 10.8 Å². The molecule has 3 aromatic rings. The summed E-state index contributed by atoms with van der Waals surface area (Å²) in [7, 11) is 0. The van der Waals surface area contributed by atoms with Crippen LogP contribution in [0.2, 0.25) is 0 Å². The molecule has 0 spiro atoms. The maximum atomic E-state index is 12.0. The van der Waals surface area contributed by atoms with E-state index in [1.165, 1.54) is 27.2 Å². The van der Waals surface area contributed by atoms with Gasteiger partial charge in [-0.15, -0.1) is 0 Å². The molecule has 0 bridgehead atoms. The van der Waals surface area contributed by atoms with Crippen LogP contribution >= 0.6 is 0 Å². The first kappa shape index (κ1) is 12.4. The molecule has 2 heteroatoms. The minimum Gasteiger partial charge on any atom is -0.351 e. The van der Waals surface area contributed by atoms with E-state index in [-0.39, 0.29) is 0 Å². The lowest BCUT2D eigenvalue weighted by atomic mass is 9.84. The summed E-state index contributed by atoms with van der Waals surface area (Å²) in [4.78, 5) is 14.2. The van der Waals surface area contributed by atoms with Crippen molar-refractivity contribution in [1.82, 2.24) is 0 Å². The van der Waals surface area contributed by atoms with E-state index in [0.717, 1.165) is 0 Å². The number of benzene rings is 3. The van der Waals surface area contributed by atoms with Crippen LogP contribution < -0.4 is 4.90 Å². The van der Waals surface area contributed by atoms with E-state index in [4.69, 9.17) is 0 Å². The summed E-state index contributed by atoms with van der Waals surface area (Å²) in [6.07, 6.45) is 0. The molecule has 0 saturated carbocycles. The lowest BCUT2D eigenvalue weighted by molar-refractivity contribution is -0.127. The van der Waals surface area contributed by atoms with Crippen LogP contribution in [0.5, 0.6) is 0 Å². The van der Waals surface area contributed by atoms with Gasteiger partial charge in [0.15, 0.2) is 5.78 Å². The largest absolute Gasteiger partial charge is 0.351 e. The van der Waals surface area contributed by atoms with Crippen molar-refractivity contribution in [2.45, 2.75) is 19.4 Å². The number of Topliss-reactive ketones (excluding diaryl/α,β-unsaturated/α-hetero) is 1. The van der Waals surface area contributed by atoms with Gasteiger partial charge < -0.3 is 4.90 Å². The molecule has 1 heterocycles. The first-order valence-electron chi connectivity index (χ1n) is 7.30. The number of rotatable bonds is 1. The molecule has 0 radical (unpaired) electrons. The fourth-order valence-electron chi connectivity index (χ4n) is 3.23. The van der Waals surface area contributed by atoms with Gasteiger partial charge in [0.05, 0.1) is 17.8 Å². The Kier molecular flexibility index (Phi) is 2.41. The highest BCUT2D eigenvalue weighted by Crippen LogP contribution is 2.42. The summed E-state index contributed by atoms with van der Waals surface area (Å²) < 4.78 is 0. The molecular weight excluding hydrogens is 258 g/mol. The van der Waals surface area contributed by atoms with Crippen LogP contribution in [0.1, 0.15) is 13.8 Å². The van der Waals surface area contributed by atoms with Gasteiger partial charge in [0.25, 0.3) is 0 Å². The van der Waals surface area contributed by atoms with E-state index in [9.17, 15) is 4.79 Å². The monoisotopic (exact) mass is 275 g/mol. The maximum Gasteiger partial charge on any atom is 0.176 e. The first-order valence-corrected chi connectivity index (χ1v) is 7.30. The predicted molar refractivity (Wildman–Crippen MR) is 87.9 cm³/mol. The Morgan fingerprint density at radius 1 is 0.905 bits per heavy atom. The maximum absolute atomic E-state index is 12.0. The topological polar surface area (TPSA) is 20.3 Å². The van der Waals surface area contributed by atoms with Crippen LogP contribution in [-0.2, 0) is 4.79 Å². The minimum atomic E-state index is -0.410. The van der Waals surface area contributed by atoms with Crippen molar-refractivity contribution in [2.24, 2.45) is 0 Å². The van der Waals surface area contributed by atoms with Gasteiger partial charge in [-0.05, 0) is 30.7 Å². The second kappa shape index (κ2) is 4.08. The highest BCUT2D eigenvalue weighted by Gasteiger charge is 2.46. The third kappa shape index (κ3) is 1.62. The van der Waals surface area contributed by atoms with Crippen molar-refractivity contribution in [3.63, 3.8) is 0 Å². The van der Waals surface area contributed by atoms with Gasteiger partial charge in [0.2, 0.25) is 0 Å². The third-order valence-corrected chi connectivity index (χ3v) is 4.67. The molecular formula is C19H17NO. The number of ketones is 1. The Morgan fingerprint density at radius 2 is 1.43 bits per heavy atom. The Balaban J connectivity index is 2.11. The highest BCUT2D eigenvalue weighted by molar-refractivity contribution is 6.16. The van der Waals surface area contributed by atoms with Crippen molar-refractivity contribution in [3.8, 4) is 0 Å². The molecule has 1 saturated heterocycles. The van der Waals surface area contributed by atoms with E-state index in [2.05, 4.69) is 59.5 Å². The molecule has 0 unspecified atom stereocenters. The fraction of sp³-hybridized carbons (Fsp3) is 0.211. The summed E-state index contributed by atoms with van der Waals surface area (Å²) in [5, 5.41) is 4.89. The molecule has 0 N–H and O–H groups in total. The van der Waals surface area contributed by atoms with Gasteiger partial charge >= 0.3 is 0 Å². The molecule has 104 valence electrons. The van der Waals surface area contributed by atoms with Gasteiger partial charge in [-0.25, -0.2) is 0 Å². The first-order chi connectivity index (χ1) is 10.1. The number of hydrogen-bond acceptors (Lipinski definition) is 2. The van der Waals surface area contributed by atoms with Crippen LogP contribution in [0.4, 0.5) is 5.69 Å². The molecule has 4 rings (SSSR count). The van der Waals surface area contributed by atoms with Crippen molar-refractivity contribution >= 4 is 33.0 Å². The average molecular weight is 275 g/mol. The standard InChI is InChI=1S/C19H17NO/c1-19(2)17(21)12-20(19)18-15-9-5-3-7-13(15)11-14-8-4-6-10-16(14)18/h3-11H,12H2,1-2H3. The third-order valence-electron chi connectivity index (χ3n) is 4.67. The molecule has 0 atom stereocenters. The number of hydrogen-bond donors (Lipinski definition) is 0. The van der Waals surface area contributed by atoms with Crippen molar-refractivity contribution in [2.75, 3.05) is 11.4 Å². The summed E-state index contributed by atoms with van der Waals surface area (Å²) in [5.74, 6) is 0.305. The second-order valence-electron chi connectivity index (χ2n) is 6.24. The van der Waals surface area contributed by atoms with E-state index >= 15 is 0 Å². The van der Waals surface area contributed by atoms with Crippen molar-refractivity contribution in [1.29, 1.82) is 0 Å². The minimum absolute atomic E-state index is 0.305. The Hall–Kier alpha value is -2.35. The molecule has 0 aliphatic carbocycles. The van der Waals surface area contributed by atoms with Crippen LogP contribution in [0, 0.1) is 0 Å². The smallest absolute Gasteiger partial charge is 0.176 e. The van der Waals surface area contributed by atoms with Crippen molar-refractivity contribution in [3.05, 3.63) is 54.6 Å². The number of carbonyl (C=O) groups excluding carboxylic acids is 1. The highest BCUT2D eigenvalue weighted by atomic mass is 16.1. The quantitative estimate of drug-likeness (QED) is 0.621. The number of carbonyl (C=O) groups is 1. The van der Waals surface area contributed by atoms with Gasteiger partial charge in [-0.1, -0.05) is 48.5 Å². The van der Waals surface area contributed by atoms with Gasteiger partial charge in [0.1, 0.15) is 0 Å². The van der Waals surface area contributed by atoms with Crippen LogP contribution in [-0.4, -0.2) is 17.9 Å². The van der Waals surface area contributed by atoms with Gasteiger partial charge in [-0.2, -0.15) is 0 Å². The van der Waals surface area contributed by atoms with E-state index in [1.807, 2.05) is 13.8 Å². The molecule has 3 aromatic carbocycles. The SMILES string of the molecule is CC1(C)C(=O)CN1c1c2ccccc2cc2ccccc12. The summed E-state index contributed by atoms with van der Waals surface area (Å²) in [6.45, 7) is 4.52. The predicted octanol–water partition coefficient (Wildman–Crippen LogP) is 4.16. The lowest BCUT2D eigenvalue weighted by Gasteiger charge is -2.49. The van der Waals surface area contributed by atoms with E-state index in [1.54, 1.807) is 0 Å². The van der Waals surface area contributed by atoms with Crippen LogP contribution in [0.15, 0.2) is 54.6 Å². The van der Waals surface area contributed by atoms with Crippen molar-refractivity contribution < 1.29 is 4.79 Å². The molecule has 1 fully saturated rings. The second-order valence-corrected chi connectivity index (χ2v) is 6.24. The van der Waals surface area contributed by atoms with E-state index < -0.39 is 5.54 Å². The summed E-state index contributed by atoms with van der Waals surface area (Å²) >= 11 is 0. The Morgan fingerprint density at radius 3 is 1.90 bits per heavy atom. The zero-order chi connectivity index (χ0) is 14.6. The molecule has 2 nitrogen and oxygen atoms in total. The molecule has 1 aliphatic rings. The van der Waals surface area contributed by atoms with Crippen LogP contribution in [0.25, 0.3) is 21.5 Å². The molecule has 21 heavy (non-hydrogen) atoms. The zero-order valence-corrected chi connectivity index (χ0v) is 12.3. The van der Waals surface area contributed by atoms with Gasteiger partial charge in [-0.3, -0.25) is 4.79 Å². The Labute approximate surface area is 124 Å².